The van der Waals surface area contributed by atoms with Gasteiger partial charge in [-0.3, -0.25) is 19.9 Å². The zero-order valence-corrected chi connectivity index (χ0v) is 21.4. The Labute approximate surface area is 231 Å². The monoisotopic (exact) mass is 514 g/mol. The molecule has 0 saturated heterocycles. The Morgan fingerprint density at radius 1 is 0.350 bits per heavy atom. The number of pyridine rings is 4. The van der Waals surface area contributed by atoms with Crippen LogP contribution in [0.1, 0.15) is 22.5 Å². The van der Waals surface area contributed by atoms with Crippen LogP contribution in [0.4, 0.5) is 11.4 Å². The predicted molar refractivity (Wildman–Crippen MR) is 158 cm³/mol. The summed E-state index contributed by atoms with van der Waals surface area (Å²) in [6.45, 7) is 0. The van der Waals surface area contributed by atoms with Gasteiger partial charge in [0, 0.05) is 48.3 Å². The summed E-state index contributed by atoms with van der Waals surface area (Å²) in [7, 11) is 0. The van der Waals surface area contributed by atoms with Gasteiger partial charge in [-0.1, -0.05) is 60.7 Å². The highest BCUT2D eigenvalue weighted by Crippen LogP contribution is 2.32. The molecule has 4 aromatic heterocycles. The summed E-state index contributed by atoms with van der Waals surface area (Å²) < 4.78 is 0. The van der Waals surface area contributed by atoms with Crippen LogP contribution in [-0.2, 0) is 0 Å². The number of hydrogen-bond acceptors (Lipinski definition) is 6. The molecule has 5 heterocycles. The maximum Gasteiger partial charge on any atom is 0.115 e. The molecule has 0 aliphatic carbocycles. The Morgan fingerprint density at radius 3 is 1.15 bits per heavy atom. The molecule has 188 valence electrons. The maximum atomic E-state index is 5.14. The van der Waals surface area contributed by atoms with Crippen LogP contribution in [0.15, 0.2) is 144 Å². The van der Waals surface area contributed by atoms with Crippen molar-refractivity contribution in [1.82, 2.24) is 19.9 Å². The van der Waals surface area contributed by atoms with E-state index in [0.717, 1.165) is 67.6 Å². The van der Waals surface area contributed by atoms with Crippen molar-refractivity contribution in [3.8, 4) is 22.3 Å². The van der Waals surface area contributed by atoms with Crippen molar-refractivity contribution < 1.29 is 0 Å². The van der Waals surface area contributed by atoms with E-state index in [-0.39, 0.29) is 0 Å². The summed E-state index contributed by atoms with van der Waals surface area (Å²) in [4.78, 5) is 28.3. The lowest BCUT2D eigenvalue weighted by molar-refractivity contribution is 1.22. The SMILES string of the molecule is c1cncc(-c2ccc(C3=Nc4cccnc4C(c4ccc(-c5cccnc5)cc4)=Nc4cccnc43)cc2)c1. The summed E-state index contributed by atoms with van der Waals surface area (Å²) in [5.41, 5.74) is 10.6. The van der Waals surface area contributed by atoms with Crippen LogP contribution in [0, 0.1) is 0 Å². The zero-order chi connectivity index (χ0) is 26.7. The number of fused-ring (bicyclic) bond motifs is 2. The van der Waals surface area contributed by atoms with Gasteiger partial charge in [0.2, 0.25) is 0 Å². The first-order valence-corrected chi connectivity index (χ1v) is 12.9. The molecular formula is C34H22N6. The second-order valence-electron chi connectivity index (χ2n) is 9.30. The molecule has 2 aromatic carbocycles. The van der Waals surface area contributed by atoms with Gasteiger partial charge in [0.05, 0.1) is 22.8 Å². The Balaban J connectivity index is 1.34. The second kappa shape index (κ2) is 10.3. The average molecular weight is 515 g/mol. The van der Waals surface area contributed by atoms with Crippen LogP contribution in [-0.4, -0.2) is 31.4 Å². The van der Waals surface area contributed by atoms with Gasteiger partial charge in [0.25, 0.3) is 0 Å². The highest BCUT2D eigenvalue weighted by Gasteiger charge is 2.22. The van der Waals surface area contributed by atoms with E-state index in [2.05, 4.69) is 58.5 Å². The number of hydrogen-bond donors (Lipinski definition) is 0. The summed E-state index contributed by atoms with van der Waals surface area (Å²) >= 11 is 0. The minimum atomic E-state index is 0.718. The quantitative estimate of drug-likeness (QED) is 0.248. The Kier molecular flexibility index (Phi) is 6.03. The van der Waals surface area contributed by atoms with Gasteiger partial charge < -0.3 is 0 Å². The van der Waals surface area contributed by atoms with E-state index < -0.39 is 0 Å². The largest absolute Gasteiger partial charge is 0.264 e. The van der Waals surface area contributed by atoms with E-state index in [1.54, 1.807) is 24.8 Å². The lowest BCUT2D eigenvalue weighted by atomic mass is 9.98. The third kappa shape index (κ3) is 4.48. The lowest BCUT2D eigenvalue weighted by Gasteiger charge is -2.17. The van der Waals surface area contributed by atoms with Gasteiger partial charge in [-0.25, -0.2) is 9.98 Å². The molecule has 7 rings (SSSR count). The van der Waals surface area contributed by atoms with Crippen LogP contribution >= 0.6 is 0 Å². The van der Waals surface area contributed by atoms with E-state index >= 15 is 0 Å². The molecule has 0 N–H and O–H groups in total. The second-order valence-corrected chi connectivity index (χ2v) is 9.30. The minimum Gasteiger partial charge on any atom is -0.264 e. The molecule has 6 heteroatoms. The molecule has 0 atom stereocenters. The number of nitrogens with zero attached hydrogens (tertiary/aromatic N) is 6. The Hall–Kier alpha value is -5.62. The fraction of sp³-hybridized carbons (Fsp3) is 0. The van der Waals surface area contributed by atoms with Crippen LogP contribution in [0.25, 0.3) is 22.3 Å². The summed E-state index contributed by atoms with van der Waals surface area (Å²) in [5.74, 6) is 0. The van der Waals surface area contributed by atoms with Gasteiger partial charge in [-0.05, 0) is 58.7 Å². The first-order valence-electron chi connectivity index (χ1n) is 12.9. The molecule has 1 aliphatic heterocycles. The standard InChI is InChI=1S/C34H22N6/c1-5-27(21-35-17-1)23-9-13-25(14-10-23)31-33-29(7-3-19-37-33)40-32(34-30(39-31)8-4-20-38-34)26-15-11-24(12-16-26)28-6-2-18-36-22-28/h1-22H. The van der Waals surface area contributed by atoms with E-state index in [4.69, 9.17) is 20.0 Å². The third-order valence-corrected chi connectivity index (χ3v) is 6.79. The molecule has 0 radical (unpaired) electrons. The van der Waals surface area contributed by atoms with Crippen LogP contribution in [0.5, 0.6) is 0 Å². The van der Waals surface area contributed by atoms with Crippen LogP contribution < -0.4 is 0 Å². The normalized spacial score (nSPS) is 12.3. The Bertz CT molecular complexity index is 1720. The van der Waals surface area contributed by atoms with Crippen molar-refractivity contribution in [2.24, 2.45) is 9.98 Å². The zero-order valence-electron chi connectivity index (χ0n) is 21.4. The van der Waals surface area contributed by atoms with Gasteiger partial charge >= 0.3 is 0 Å². The molecule has 0 spiro atoms. The molecule has 0 bridgehead atoms. The smallest absolute Gasteiger partial charge is 0.115 e. The third-order valence-electron chi connectivity index (χ3n) is 6.79. The summed E-state index contributed by atoms with van der Waals surface area (Å²) in [6.07, 6.45) is 10.8. The van der Waals surface area contributed by atoms with Crippen LogP contribution in [0.2, 0.25) is 0 Å². The molecular weight excluding hydrogens is 492 g/mol. The molecule has 0 saturated carbocycles. The molecule has 0 unspecified atom stereocenters. The Morgan fingerprint density at radius 2 is 0.750 bits per heavy atom. The maximum absolute atomic E-state index is 5.14. The fourth-order valence-corrected chi connectivity index (χ4v) is 4.80. The van der Waals surface area contributed by atoms with Crippen LogP contribution in [0.3, 0.4) is 0 Å². The van der Waals surface area contributed by atoms with Gasteiger partial charge in [-0.15, -0.1) is 0 Å². The molecule has 6 nitrogen and oxygen atoms in total. The first-order chi connectivity index (χ1) is 19.8. The number of aliphatic imine (C=N–C) groups is 2. The highest BCUT2D eigenvalue weighted by atomic mass is 14.9. The topological polar surface area (TPSA) is 76.3 Å². The summed E-state index contributed by atoms with van der Waals surface area (Å²) in [5, 5.41) is 0. The number of benzene rings is 2. The highest BCUT2D eigenvalue weighted by molar-refractivity contribution is 6.21. The predicted octanol–water partition coefficient (Wildman–Crippen LogP) is 7.25. The number of rotatable bonds is 4. The molecule has 6 aromatic rings. The van der Waals surface area contributed by atoms with Gasteiger partial charge in [-0.2, -0.15) is 0 Å². The van der Waals surface area contributed by atoms with E-state index in [1.165, 1.54) is 0 Å². The fourth-order valence-electron chi connectivity index (χ4n) is 4.80. The average Bonchev–Trinajstić information content (AvgIpc) is 3.03. The molecule has 40 heavy (non-hydrogen) atoms. The van der Waals surface area contributed by atoms with Gasteiger partial charge in [0.15, 0.2) is 0 Å². The van der Waals surface area contributed by atoms with Crippen molar-refractivity contribution >= 4 is 22.8 Å². The molecule has 1 aliphatic rings. The lowest BCUT2D eigenvalue weighted by Crippen LogP contribution is -2.12. The van der Waals surface area contributed by atoms with Crippen molar-refractivity contribution in [2.45, 2.75) is 0 Å². The minimum absolute atomic E-state index is 0.718. The van der Waals surface area contributed by atoms with Crippen molar-refractivity contribution in [2.75, 3.05) is 0 Å². The number of aromatic nitrogens is 4. The van der Waals surface area contributed by atoms with Crippen molar-refractivity contribution in [3.05, 3.63) is 157 Å². The molecule has 0 amide bonds. The van der Waals surface area contributed by atoms with E-state index in [0.29, 0.717) is 0 Å². The van der Waals surface area contributed by atoms with Gasteiger partial charge in [0.1, 0.15) is 11.4 Å². The molecule has 0 fully saturated rings. The van der Waals surface area contributed by atoms with Crippen molar-refractivity contribution in [1.29, 1.82) is 0 Å². The first kappa shape index (κ1) is 23.5. The van der Waals surface area contributed by atoms with E-state index in [1.807, 2.05) is 60.9 Å². The van der Waals surface area contributed by atoms with E-state index in [9.17, 15) is 0 Å². The summed E-state index contributed by atoms with van der Waals surface area (Å²) in [6, 6.07) is 32.3. The van der Waals surface area contributed by atoms with Crippen molar-refractivity contribution in [3.63, 3.8) is 0 Å².